The van der Waals surface area contributed by atoms with Crippen LogP contribution in [0.3, 0.4) is 0 Å². The Bertz CT molecular complexity index is 1160. The molecule has 0 heterocycles. The quantitative estimate of drug-likeness (QED) is 0.380. The number of hydrogen-bond acceptors (Lipinski definition) is 0. The molecule has 2 aromatic rings. The third-order valence-corrected chi connectivity index (χ3v) is 26.7. The second kappa shape index (κ2) is 8.28. The SMILES string of the molecule is CC1=C(C)[CH]([Zr]([CH]2C=C(c3ccc(F)cc3F)c3ccccc32)=[Si](C)C)C(C)=C1C. The molecule has 0 radical (unpaired) electrons. The van der Waals surface area contributed by atoms with Crippen molar-refractivity contribution < 1.29 is 29.1 Å². The van der Waals surface area contributed by atoms with E-state index in [2.05, 4.69) is 65.1 Å². The Balaban J connectivity index is 1.92. The average Bonchev–Trinajstić information content (AvgIpc) is 3.16. The van der Waals surface area contributed by atoms with Crippen LogP contribution >= 0.6 is 0 Å². The molecule has 0 spiro atoms. The van der Waals surface area contributed by atoms with Gasteiger partial charge in [-0.2, -0.15) is 0 Å². The van der Waals surface area contributed by atoms with Gasteiger partial charge in [-0.1, -0.05) is 0 Å². The van der Waals surface area contributed by atoms with Gasteiger partial charge in [0.1, 0.15) is 0 Å². The Hall–Kier alpha value is -1.38. The van der Waals surface area contributed by atoms with Crippen LogP contribution in [0.15, 0.2) is 70.8 Å². The molecule has 4 rings (SSSR count). The number of rotatable bonds is 3. The second-order valence-electron chi connectivity index (χ2n) is 8.77. The zero-order valence-electron chi connectivity index (χ0n) is 18.5. The average molecular weight is 498 g/mol. The van der Waals surface area contributed by atoms with Crippen LogP contribution in [0.2, 0.25) is 16.7 Å². The molecular weight excluding hydrogens is 470 g/mol. The van der Waals surface area contributed by atoms with E-state index in [9.17, 15) is 8.78 Å². The first-order valence-corrected chi connectivity index (χ1v) is 19.5. The van der Waals surface area contributed by atoms with Gasteiger partial charge in [-0.15, -0.1) is 0 Å². The Labute approximate surface area is 186 Å². The monoisotopic (exact) mass is 496 g/mol. The molecule has 0 aliphatic heterocycles. The van der Waals surface area contributed by atoms with E-state index >= 15 is 0 Å². The van der Waals surface area contributed by atoms with Crippen molar-refractivity contribution in [3.05, 3.63) is 99.2 Å². The van der Waals surface area contributed by atoms with Gasteiger partial charge >= 0.3 is 187 Å². The fourth-order valence-electron chi connectivity index (χ4n) is 5.15. The van der Waals surface area contributed by atoms with Crippen LogP contribution in [-0.4, -0.2) is 5.43 Å². The van der Waals surface area contributed by atoms with Crippen LogP contribution in [0.1, 0.15) is 48.0 Å². The molecule has 0 nitrogen and oxygen atoms in total. The first kappa shape index (κ1) is 21.8. The molecule has 0 bridgehead atoms. The predicted octanol–water partition coefficient (Wildman–Crippen LogP) is 7.80. The number of allylic oxidation sites excluding steroid dienone is 5. The Morgan fingerprint density at radius 2 is 1.47 bits per heavy atom. The van der Waals surface area contributed by atoms with Gasteiger partial charge in [-0.25, -0.2) is 0 Å². The summed E-state index contributed by atoms with van der Waals surface area (Å²) in [7, 11) is 0. The van der Waals surface area contributed by atoms with Crippen LogP contribution in [0.4, 0.5) is 8.78 Å². The summed E-state index contributed by atoms with van der Waals surface area (Å²) < 4.78 is 29.3. The fraction of sp³-hybridized carbons (Fsp3) is 0.308. The van der Waals surface area contributed by atoms with E-state index in [0.29, 0.717) is 12.8 Å². The molecule has 0 N–H and O–H groups in total. The molecule has 154 valence electrons. The second-order valence-corrected chi connectivity index (χ2v) is 26.8. The first-order chi connectivity index (χ1) is 14.2. The topological polar surface area (TPSA) is 0 Å². The Morgan fingerprint density at radius 3 is 2.07 bits per heavy atom. The van der Waals surface area contributed by atoms with Crippen molar-refractivity contribution in [3.63, 3.8) is 0 Å². The summed E-state index contributed by atoms with van der Waals surface area (Å²) in [5.41, 5.74) is 9.55. The summed E-state index contributed by atoms with van der Waals surface area (Å²) in [5.74, 6) is -0.998. The number of hydrogen-bond donors (Lipinski definition) is 0. The van der Waals surface area contributed by atoms with E-state index in [4.69, 9.17) is 0 Å². The third-order valence-electron chi connectivity index (χ3n) is 6.98. The van der Waals surface area contributed by atoms with Crippen molar-refractivity contribution in [2.75, 3.05) is 0 Å². The van der Waals surface area contributed by atoms with Crippen LogP contribution in [0.5, 0.6) is 0 Å². The third kappa shape index (κ3) is 3.50. The van der Waals surface area contributed by atoms with Crippen LogP contribution in [-0.2, 0) is 20.4 Å². The van der Waals surface area contributed by atoms with Crippen LogP contribution < -0.4 is 0 Å². The molecule has 0 fully saturated rings. The van der Waals surface area contributed by atoms with Crippen molar-refractivity contribution in [1.29, 1.82) is 0 Å². The van der Waals surface area contributed by atoms with Crippen molar-refractivity contribution in [3.8, 4) is 0 Å². The van der Waals surface area contributed by atoms with Crippen LogP contribution in [0, 0.1) is 11.6 Å². The maximum absolute atomic E-state index is 14.7. The van der Waals surface area contributed by atoms with E-state index in [1.807, 2.05) is 6.07 Å². The molecular formula is C26H28F2SiZr. The standard InChI is InChI=1S/C15H9F2.C9H13.C2H6Si.Zr/c16-11-6-8-14(15(17)9-11)13-7-5-10-3-1-2-4-12(10)13;1-6-5-7(2)9(4)8(6)3;1-3-2;/h1-9H;5H,1-4H3;1-2H3;. The van der Waals surface area contributed by atoms with E-state index in [0.717, 1.165) is 17.2 Å². The molecule has 4 heteroatoms. The summed E-state index contributed by atoms with van der Waals surface area (Å²) in [6.45, 7) is 14.2. The minimum atomic E-state index is -2.06. The first-order valence-electron chi connectivity index (χ1n) is 10.5. The number of fused-ring (bicyclic) bond motifs is 1. The molecule has 0 saturated heterocycles. The Morgan fingerprint density at radius 1 is 0.833 bits per heavy atom. The molecule has 2 aromatic carbocycles. The van der Waals surface area contributed by atoms with E-state index < -0.39 is 37.4 Å². The van der Waals surface area contributed by atoms with Crippen molar-refractivity contribution >= 4 is 11.0 Å². The summed E-state index contributed by atoms with van der Waals surface area (Å²) in [6, 6.07) is 12.5. The van der Waals surface area contributed by atoms with E-state index in [1.54, 1.807) is 17.2 Å². The Kier molecular flexibility index (Phi) is 6.03. The normalized spacial score (nSPS) is 18.8. The van der Waals surface area contributed by atoms with Gasteiger partial charge in [0.05, 0.1) is 0 Å². The summed E-state index contributed by atoms with van der Waals surface area (Å²) in [5, 5.41) is 0. The van der Waals surface area contributed by atoms with Gasteiger partial charge in [0.2, 0.25) is 0 Å². The van der Waals surface area contributed by atoms with Gasteiger partial charge in [-0.3, -0.25) is 0 Å². The van der Waals surface area contributed by atoms with Gasteiger partial charge in [0.25, 0.3) is 0 Å². The molecule has 30 heavy (non-hydrogen) atoms. The predicted molar refractivity (Wildman–Crippen MR) is 121 cm³/mol. The van der Waals surface area contributed by atoms with Crippen LogP contribution in [0.25, 0.3) is 5.57 Å². The van der Waals surface area contributed by atoms with Gasteiger partial charge in [0.15, 0.2) is 0 Å². The van der Waals surface area contributed by atoms with Gasteiger partial charge < -0.3 is 0 Å². The summed E-state index contributed by atoms with van der Waals surface area (Å²) in [6.07, 6.45) is 2.34. The van der Waals surface area contributed by atoms with Crippen molar-refractivity contribution in [2.45, 2.75) is 48.0 Å². The molecule has 0 aromatic heterocycles. The summed E-state index contributed by atoms with van der Waals surface area (Å²) in [4.78, 5) is 0. The fourth-order valence-corrected chi connectivity index (χ4v) is 25.7. The van der Waals surface area contributed by atoms with E-state index in [-0.39, 0.29) is 0 Å². The number of benzene rings is 2. The molecule has 1 unspecified atom stereocenters. The minimum absolute atomic E-state index is 0.431. The van der Waals surface area contributed by atoms with Gasteiger partial charge in [0, 0.05) is 0 Å². The molecule has 1 atom stereocenters. The zero-order valence-corrected chi connectivity index (χ0v) is 22.0. The molecule has 0 saturated carbocycles. The molecule has 2 aliphatic carbocycles. The summed E-state index contributed by atoms with van der Waals surface area (Å²) >= 11 is -2.06. The molecule has 0 amide bonds. The van der Waals surface area contributed by atoms with E-state index in [1.165, 1.54) is 22.8 Å². The van der Waals surface area contributed by atoms with Crippen molar-refractivity contribution in [1.82, 2.24) is 0 Å². The van der Waals surface area contributed by atoms with Gasteiger partial charge in [-0.05, 0) is 0 Å². The van der Waals surface area contributed by atoms with Crippen molar-refractivity contribution in [2.24, 2.45) is 0 Å². The molecule has 2 aliphatic rings. The maximum atomic E-state index is 14.7. The number of halogens is 2. The zero-order chi connectivity index (χ0) is 21.7.